The second-order valence-electron chi connectivity index (χ2n) is 17.2. The molecule has 0 radical (unpaired) electrons. The fourth-order valence-electron chi connectivity index (χ4n) is 9.48. The third kappa shape index (κ3) is 12.4. The van der Waals surface area contributed by atoms with E-state index in [0.717, 1.165) is 44.1 Å². The number of rotatable bonds is 22. The zero-order chi connectivity index (χ0) is 41.0. The fourth-order valence-corrected chi connectivity index (χ4v) is 9.48. The molecule has 11 heteroatoms. The van der Waals surface area contributed by atoms with Gasteiger partial charge in [-0.05, 0) is 69.5 Å². The first kappa shape index (κ1) is 46.2. The van der Waals surface area contributed by atoms with E-state index in [0.29, 0.717) is 13.0 Å². The molecule has 11 nitrogen and oxygen atoms in total. The maximum absolute atomic E-state index is 14.5. The summed E-state index contributed by atoms with van der Waals surface area (Å²) in [4.78, 5) is 73.9. The number of hydrogen-bond donors (Lipinski definition) is 1. The van der Waals surface area contributed by atoms with Crippen LogP contribution in [0.1, 0.15) is 104 Å². The predicted octanol–water partition coefficient (Wildman–Crippen LogP) is 6.16. The van der Waals surface area contributed by atoms with E-state index in [1.54, 1.807) is 26.0 Å². The van der Waals surface area contributed by atoms with Crippen LogP contribution in [0.2, 0.25) is 0 Å². The number of carboxylic acid groups (broad SMARTS) is 1. The first-order valence-corrected chi connectivity index (χ1v) is 20.6. The number of Topliss-reactive ketones (excluding diaryl/α,β-unsaturated/α-hetero) is 2. The van der Waals surface area contributed by atoms with Gasteiger partial charge in [0.2, 0.25) is 11.8 Å². The number of likely N-dealkylation sites (N-methyl/N-ethyl adjacent to an activating group) is 2. The van der Waals surface area contributed by atoms with Crippen LogP contribution in [0, 0.1) is 35.5 Å². The van der Waals surface area contributed by atoms with Gasteiger partial charge in [-0.15, -0.1) is 0 Å². The van der Waals surface area contributed by atoms with Crippen molar-refractivity contribution < 1.29 is 38.6 Å². The van der Waals surface area contributed by atoms with E-state index in [2.05, 4.69) is 0 Å². The molecule has 0 spiro atoms. The second-order valence-corrected chi connectivity index (χ2v) is 17.2. The summed E-state index contributed by atoms with van der Waals surface area (Å²) in [7, 11) is 8.78. The molecule has 0 bridgehead atoms. The Hall–Kier alpha value is -3.15. The molecule has 55 heavy (non-hydrogen) atoms. The van der Waals surface area contributed by atoms with Gasteiger partial charge in [-0.1, -0.05) is 84.2 Å². The van der Waals surface area contributed by atoms with Gasteiger partial charge in [0.25, 0.3) is 0 Å². The van der Waals surface area contributed by atoms with Crippen LogP contribution in [0.3, 0.4) is 0 Å². The summed E-state index contributed by atoms with van der Waals surface area (Å²) in [5.74, 6) is -3.18. The molecule has 0 unspecified atom stereocenters. The van der Waals surface area contributed by atoms with Gasteiger partial charge in [0.1, 0.15) is 5.78 Å². The summed E-state index contributed by atoms with van der Waals surface area (Å²) in [5, 5.41) is 9.97. The molecular formula is C44H71N3O8. The van der Waals surface area contributed by atoms with Crippen molar-refractivity contribution in [2.24, 2.45) is 35.5 Å². The minimum atomic E-state index is -1.02. The molecule has 2 aliphatic rings. The van der Waals surface area contributed by atoms with Crippen molar-refractivity contribution in [3.63, 3.8) is 0 Å². The van der Waals surface area contributed by atoms with E-state index in [1.165, 1.54) is 0 Å². The Morgan fingerprint density at radius 3 is 1.96 bits per heavy atom. The number of ketones is 2. The summed E-state index contributed by atoms with van der Waals surface area (Å²) in [6.45, 7) is 10.3. The van der Waals surface area contributed by atoms with Crippen LogP contribution in [0.15, 0.2) is 30.3 Å². The summed E-state index contributed by atoms with van der Waals surface area (Å²) < 4.78 is 12.1. The molecule has 1 saturated heterocycles. The van der Waals surface area contributed by atoms with E-state index in [-0.39, 0.29) is 84.9 Å². The van der Waals surface area contributed by atoms with Gasteiger partial charge in [-0.2, -0.15) is 0 Å². The summed E-state index contributed by atoms with van der Waals surface area (Å²) >= 11 is 0. The molecular weight excluding hydrogens is 698 g/mol. The molecule has 1 heterocycles. The molecule has 2 fully saturated rings. The lowest BCUT2D eigenvalue weighted by Crippen LogP contribution is -2.55. The van der Waals surface area contributed by atoms with Crippen molar-refractivity contribution in [1.82, 2.24) is 14.7 Å². The monoisotopic (exact) mass is 770 g/mol. The van der Waals surface area contributed by atoms with E-state index in [4.69, 9.17) is 9.47 Å². The van der Waals surface area contributed by atoms with Gasteiger partial charge in [-0.3, -0.25) is 28.9 Å². The smallest absolute Gasteiger partial charge is 0.307 e. The number of carboxylic acids is 1. The Kier molecular flexibility index (Phi) is 18.5. The number of carbonyl (C=O) groups is 5. The first-order chi connectivity index (χ1) is 26.0. The van der Waals surface area contributed by atoms with Crippen molar-refractivity contribution in [2.75, 3.05) is 41.9 Å². The zero-order valence-electron chi connectivity index (χ0n) is 35.4. The van der Waals surface area contributed by atoms with Crippen molar-refractivity contribution in [3.8, 4) is 0 Å². The van der Waals surface area contributed by atoms with E-state index in [9.17, 15) is 29.1 Å². The highest BCUT2D eigenvalue weighted by atomic mass is 16.5. The highest BCUT2D eigenvalue weighted by molar-refractivity contribution is 5.90. The Labute approximate surface area is 330 Å². The largest absolute Gasteiger partial charge is 0.481 e. The summed E-state index contributed by atoms with van der Waals surface area (Å²) in [6, 6.07) is 8.30. The standard InChI is InChI=1S/C44H71N3O8/c1-28(2)34(26-37(49)40(29(3)4)45(6)7)43(51)46(8)41(32-20-15-12-16-21-32)38(54-9)27-39(50)47-23-17-22-35(47)42(55-10)30(5)36(48)25-33(44(52)53)24-31-18-13-11-14-19-31/h11,13-14,18-19,28-30,32-35,38,40-42H,12,15-17,20-27H2,1-10H3,(H,52,53)/t30-,33+,34-,35-,38+,40-,41-,42+/m0/s1. The third-order valence-electron chi connectivity index (χ3n) is 12.4. The lowest BCUT2D eigenvalue weighted by molar-refractivity contribution is -0.150. The maximum Gasteiger partial charge on any atom is 0.307 e. The van der Waals surface area contributed by atoms with Crippen LogP contribution in [0.5, 0.6) is 0 Å². The Morgan fingerprint density at radius 1 is 0.800 bits per heavy atom. The van der Waals surface area contributed by atoms with Gasteiger partial charge < -0.3 is 24.4 Å². The lowest BCUT2D eigenvalue weighted by Gasteiger charge is -2.43. The number of hydrogen-bond acceptors (Lipinski definition) is 8. The molecule has 1 aliphatic carbocycles. The van der Waals surface area contributed by atoms with Crippen molar-refractivity contribution in [3.05, 3.63) is 35.9 Å². The molecule has 8 atom stereocenters. The molecule has 310 valence electrons. The van der Waals surface area contributed by atoms with Crippen LogP contribution in [-0.2, 0) is 39.9 Å². The number of amides is 2. The van der Waals surface area contributed by atoms with E-state index >= 15 is 0 Å². The summed E-state index contributed by atoms with van der Waals surface area (Å²) in [6.07, 6.45) is 5.64. The number of ether oxygens (including phenoxy) is 2. The first-order valence-electron chi connectivity index (χ1n) is 20.6. The number of methoxy groups -OCH3 is 2. The number of nitrogens with zero attached hydrogens (tertiary/aromatic N) is 3. The van der Waals surface area contributed by atoms with Crippen LogP contribution < -0.4 is 0 Å². The van der Waals surface area contributed by atoms with Gasteiger partial charge in [0.05, 0.1) is 42.7 Å². The number of benzene rings is 1. The van der Waals surface area contributed by atoms with Crippen LogP contribution in [-0.4, -0.2) is 121 Å². The molecule has 1 N–H and O–H groups in total. The SMILES string of the molecule is CO[C@H]([C@@H](C)C(=O)C[C@@H](Cc1ccccc1)C(=O)O)[C@@H]1CCCN1C(=O)C[C@@H](OC)[C@H](C1CCCCC1)N(C)C(=O)[C@@H](CC(=O)[C@H](C(C)C)N(C)C)C(C)C. The highest BCUT2D eigenvalue weighted by Gasteiger charge is 2.44. The highest BCUT2D eigenvalue weighted by Crippen LogP contribution is 2.35. The van der Waals surface area contributed by atoms with E-state index in [1.807, 2.05) is 89.0 Å². The van der Waals surface area contributed by atoms with Crippen molar-refractivity contribution in [1.29, 1.82) is 0 Å². The molecule has 1 aliphatic heterocycles. The molecule has 3 rings (SSSR count). The quantitative estimate of drug-likeness (QED) is 0.147. The Balaban J connectivity index is 1.82. The molecule has 1 aromatic rings. The van der Waals surface area contributed by atoms with Gasteiger partial charge in [0, 0.05) is 52.5 Å². The Morgan fingerprint density at radius 2 is 1.44 bits per heavy atom. The maximum atomic E-state index is 14.5. The predicted molar refractivity (Wildman–Crippen MR) is 214 cm³/mol. The van der Waals surface area contributed by atoms with Crippen LogP contribution >= 0.6 is 0 Å². The van der Waals surface area contributed by atoms with Crippen LogP contribution in [0.25, 0.3) is 0 Å². The minimum absolute atomic E-state index is 0.0586. The fraction of sp³-hybridized carbons (Fsp3) is 0.750. The normalized spacial score (nSPS) is 20.5. The van der Waals surface area contributed by atoms with Gasteiger partial charge in [-0.25, -0.2) is 0 Å². The minimum Gasteiger partial charge on any atom is -0.481 e. The average Bonchev–Trinajstić information content (AvgIpc) is 3.63. The molecule has 1 aromatic carbocycles. The van der Waals surface area contributed by atoms with Crippen molar-refractivity contribution >= 4 is 29.4 Å². The number of likely N-dealkylation sites (tertiary alicyclic amines) is 1. The van der Waals surface area contributed by atoms with Gasteiger partial charge in [0.15, 0.2) is 5.78 Å². The van der Waals surface area contributed by atoms with Gasteiger partial charge >= 0.3 is 5.97 Å². The second kappa shape index (κ2) is 22.0. The zero-order valence-corrected chi connectivity index (χ0v) is 35.4. The average molecular weight is 770 g/mol. The molecule has 2 amide bonds. The van der Waals surface area contributed by atoms with Crippen LogP contribution in [0.4, 0.5) is 0 Å². The molecule has 0 aromatic heterocycles. The summed E-state index contributed by atoms with van der Waals surface area (Å²) in [5.41, 5.74) is 0.857. The molecule has 1 saturated carbocycles. The topological polar surface area (TPSA) is 134 Å². The number of aliphatic carboxylic acids is 1. The lowest BCUT2D eigenvalue weighted by atomic mass is 9.79. The Bertz CT molecular complexity index is 1390. The third-order valence-corrected chi connectivity index (χ3v) is 12.4. The van der Waals surface area contributed by atoms with E-state index < -0.39 is 35.9 Å². The van der Waals surface area contributed by atoms with Crippen molar-refractivity contribution in [2.45, 2.75) is 136 Å². The number of carbonyl (C=O) groups excluding carboxylic acids is 4.